The van der Waals surface area contributed by atoms with Crippen molar-refractivity contribution >= 4 is 17.6 Å². The fourth-order valence-corrected chi connectivity index (χ4v) is 3.45. The second kappa shape index (κ2) is 4.78. The molecule has 2 N–H and O–H groups in total. The van der Waals surface area contributed by atoms with E-state index in [0.29, 0.717) is 0 Å². The number of anilines is 1. The van der Waals surface area contributed by atoms with Crippen molar-refractivity contribution in [2.45, 2.75) is 13.3 Å². The molecule has 0 unspecified atom stereocenters. The van der Waals surface area contributed by atoms with Crippen LogP contribution in [0.15, 0.2) is 36.4 Å². The number of carbonyl (C=O) groups excluding carboxylic acids is 1. The molecule has 104 valence electrons. The molecule has 20 heavy (non-hydrogen) atoms. The molecule has 0 spiro atoms. The summed E-state index contributed by atoms with van der Waals surface area (Å²) in [7, 11) is 0. The van der Waals surface area contributed by atoms with Gasteiger partial charge < -0.3 is 10.4 Å². The molecule has 2 aliphatic carbocycles. The summed E-state index contributed by atoms with van der Waals surface area (Å²) in [6, 6.07) is 7.53. The predicted octanol–water partition coefficient (Wildman–Crippen LogP) is 2.46. The molecule has 0 aliphatic heterocycles. The van der Waals surface area contributed by atoms with Gasteiger partial charge in [-0.05, 0) is 36.8 Å². The van der Waals surface area contributed by atoms with Gasteiger partial charge in [-0.1, -0.05) is 30.4 Å². The van der Waals surface area contributed by atoms with E-state index in [9.17, 15) is 14.7 Å². The van der Waals surface area contributed by atoms with Crippen molar-refractivity contribution in [3.8, 4) is 0 Å². The number of hydrogen-bond acceptors (Lipinski definition) is 2. The van der Waals surface area contributed by atoms with Gasteiger partial charge in [0.1, 0.15) is 0 Å². The largest absolute Gasteiger partial charge is 0.481 e. The topological polar surface area (TPSA) is 66.4 Å². The molecule has 4 heteroatoms. The molecular weight excluding hydrogens is 254 g/mol. The summed E-state index contributed by atoms with van der Waals surface area (Å²) >= 11 is 0. The molecule has 1 fully saturated rings. The van der Waals surface area contributed by atoms with Crippen LogP contribution >= 0.6 is 0 Å². The van der Waals surface area contributed by atoms with Gasteiger partial charge in [0, 0.05) is 5.69 Å². The number of fused-ring (bicyclic) bond motifs is 2. The Kier molecular flexibility index (Phi) is 3.08. The minimum atomic E-state index is -0.869. The van der Waals surface area contributed by atoms with Crippen LogP contribution in [0.25, 0.3) is 0 Å². The highest BCUT2D eigenvalue weighted by molar-refractivity contribution is 5.96. The van der Waals surface area contributed by atoms with Gasteiger partial charge in [0.25, 0.3) is 0 Å². The van der Waals surface area contributed by atoms with Crippen LogP contribution in [0.1, 0.15) is 12.0 Å². The van der Waals surface area contributed by atoms with Crippen LogP contribution in [0.4, 0.5) is 5.69 Å². The number of carboxylic acid groups (broad SMARTS) is 1. The number of nitrogens with one attached hydrogen (secondary N) is 1. The predicted molar refractivity (Wildman–Crippen MR) is 75.2 cm³/mol. The average Bonchev–Trinajstić information content (AvgIpc) is 3.01. The fraction of sp³-hybridized carbons (Fsp3) is 0.375. The molecule has 0 heterocycles. The molecule has 4 atom stereocenters. The number of rotatable bonds is 3. The van der Waals surface area contributed by atoms with Crippen LogP contribution in [0.3, 0.4) is 0 Å². The first-order valence-corrected chi connectivity index (χ1v) is 6.85. The highest BCUT2D eigenvalue weighted by atomic mass is 16.4. The number of allylic oxidation sites excluding steroid dienone is 2. The van der Waals surface area contributed by atoms with Crippen LogP contribution in [0, 0.1) is 30.6 Å². The van der Waals surface area contributed by atoms with Crippen LogP contribution in [0.2, 0.25) is 0 Å². The third-order valence-corrected chi connectivity index (χ3v) is 4.45. The van der Waals surface area contributed by atoms with Crippen molar-refractivity contribution in [2.75, 3.05) is 5.32 Å². The minimum absolute atomic E-state index is 0.00474. The van der Waals surface area contributed by atoms with Crippen molar-refractivity contribution in [1.29, 1.82) is 0 Å². The van der Waals surface area contributed by atoms with Crippen LogP contribution < -0.4 is 5.32 Å². The molecule has 0 radical (unpaired) electrons. The summed E-state index contributed by atoms with van der Waals surface area (Å²) in [4.78, 5) is 23.9. The maximum Gasteiger partial charge on any atom is 0.307 e. The van der Waals surface area contributed by atoms with Crippen molar-refractivity contribution < 1.29 is 14.7 Å². The summed E-state index contributed by atoms with van der Waals surface area (Å²) in [5, 5.41) is 12.2. The first-order valence-electron chi connectivity index (χ1n) is 6.85. The number of aryl methyl sites for hydroxylation is 1. The van der Waals surface area contributed by atoms with Crippen molar-refractivity contribution in [1.82, 2.24) is 0 Å². The highest BCUT2D eigenvalue weighted by Crippen LogP contribution is 2.48. The third-order valence-electron chi connectivity index (χ3n) is 4.45. The molecule has 2 bridgehead atoms. The molecule has 0 aromatic heterocycles. The smallest absolute Gasteiger partial charge is 0.307 e. The van der Waals surface area contributed by atoms with E-state index < -0.39 is 17.8 Å². The van der Waals surface area contributed by atoms with E-state index in [-0.39, 0.29) is 17.7 Å². The number of benzene rings is 1. The van der Waals surface area contributed by atoms with E-state index in [1.54, 1.807) is 0 Å². The Morgan fingerprint density at radius 2 is 1.80 bits per heavy atom. The summed E-state index contributed by atoms with van der Waals surface area (Å²) < 4.78 is 0. The molecule has 1 amide bonds. The Morgan fingerprint density at radius 1 is 1.15 bits per heavy atom. The van der Waals surface area contributed by atoms with Gasteiger partial charge >= 0.3 is 5.97 Å². The lowest BCUT2D eigenvalue weighted by molar-refractivity contribution is -0.146. The molecular formula is C16H17NO3. The monoisotopic (exact) mass is 271 g/mol. The zero-order valence-corrected chi connectivity index (χ0v) is 11.2. The average molecular weight is 271 g/mol. The van der Waals surface area contributed by atoms with Crippen molar-refractivity contribution in [3.05, 3.63) is 42.0 Å². The number of amides is 1. The van der Waals surface area contributed by atoms with Gasteiger partial charge in [-0.25, -0.2) is 0 Å². The molecule has 3 rings (SSSR count). The summed E-state index contributed by atoms with van der Waals surface area (Å²) in [6.07, 6.45) is 4.72. The lowest BCUT2D eigenvalue weighted by atomic mass is 9.82. The Bertz CT molecular complexity index is 593. The van der Waals surface area contributed by atoms with Gasteiger partial charge in [0.05, 0.1) is 11.8 Å². The maximum atomic E-state index is 12.5. The van der Waals surface area contributed by atoms with Gasteiger partial charge in [0.2, 0.25) is 5.91 Å². The van der Waals surface area contributed by atoms with Gasteiger partial charge in [0.15, 0.2) is 0 Å². The second-order valence-corrected chi connectivity index (χ2v) is 5.64. The first kappa shape index (κ1) is 12.9. The van der Waals surface area contributed by atoms with Crippen molar-refractivity contribution in [3.63, 3.8) is 0 Å². The second-order valence-electron chi connectivity index (χ2n) is 5.64. The number of hydrogen-bond donors (Lipinski definition) is 2. The Morgan fingerprint density at radius 3 is 2.45 bits per heavy atom. The van der Waals surface area contributed by atoms with E-state index in [2.05, 4.69) is 5.32 Å². The molecule has 1 aromatic rings. The lowest BCUT2D eigenvalue weighted by Gasteiger charge is -2.24. The number of carbonyl (C=O) groups is 2. The number of para-hydroxylation sites is 1. The highest BCUT2D eigenvalue weighted by Gasteiger charge is 2.51. The van der Waals surface area contributed by atoms with Crippen LogP contribution in [0.5, 0.6) is 0 Å². The lowest BCUT2D eigenvalue weighted by Crippen LogP contribution is -2.36. The molecule has 2 aliphatic rings. The van der Waals surface area contributed by atoms with E-state index in [1.165, 1.54) is 0 Å². The fourth-order valence-electron chi connectivity index (χ4n) is 3.45. The standard InChI is InChI=1S/C16H17NO3/c1-9-4-2-3-5-12(9)17-15(18)13-10-6-7-11(8-10)14(13)16(19)20/h2-7,10-11,13-14H,8H2,1H3,(H,17,18)(H,19,20)/t10-,11-,13+,14-/m0/s1. The maximum absolute atomic E-state index is 12.5. The van der Waals surface area contributed by atoms with Crippen molar-refractivity contribution in [2.24, 2.45) is 23.7 Å². The summed E-state index contributed by atoms with van der Waals surface area (Å²) in [6.45, 7) is 1.92. The van der Waals surface area contributed by atoms with Gasteiger partial charge in [-0.15, -0.1) is 0 Å². The third kappa shape index (κ3) is 2.01. The van der Waals surface area contributed by atoms with Gasteiger partial charge in [-0.2, -0.15) is 0 Å². The SMILES string of the molecule is Cc1ccccc1NC(=O)[C@H]1[C@@H](C(=O)O)[C@H]2C=C[C@H]1C2. The zero-order valence-electron chi connectivity index (χ0n) is 11.2. The summed E-state index contributed by atoms with van der Waals surface area (Å²) in [5.74, 6) is -2.03. The van der Waals surface area contributed by atoms with E-state index >= 15 is 0 Å². The molecule has 4 nitrogen and oxygen atoms in total. The Balaban J connectivity index is 1.82. The minimum Gasteiger partial charge on any atom is -0.481 e. The normalized spacial score (nSPS) is 30.4. The molecule has 1 saturated carbocycles. The first-order chi connectivity index (χ1) is 9.58. The van der Waals surface area contributed by atoms with Crippen LogP contribution in [-0.4, -0.2) is 17.0 Å². The Labute approximate surface area is 117 Å². The Hall–Kier alpha value is -2.10. The number of carboxylic acids is 1. The van der Waals surface area contributed by atoms with Gasteiger partial charge in [-0.3, -0.25) is 9.59 Å². The number of aliphatic carboxylic acids is 1. The molecule has 1 aromatic carbocycles. The quantitative estimate of drug-likeness (QED) is 0.830. The van der Waals surface area contributed by atoms with E-state index in [4.69, 9.17) is 0 Å². The van der Waals surface area contributed by atoms with Crippen LogP contribution in [-0.2, 0) is 9.59 Å². The van der Waals surface area contributed by atoms with E-state index in [0.717, 1.165) is 17.7 Å². The zero-order chi connectivity index (χ0) is 14.3. The summed E-state index contributed by atoms with van der Waals surface area (Å²) in [5.41, 5.74) is 1.74. The van der Waals surface area contributed by atoms with E-state index in [1.807, 2.05) is 43.3 Å². The molecule has 0 saturated heterocycles.